The Morgan fingerprint density at radius 2 is 2.04 bits per heavy atom. The zero-order valence-corrected chi connectivity index (χ0v) is 15.4. The van der Waals surface area contributed by atoms with Crippen LogP contribution in [-0.2, 0) is 6.54 Å². The van der Waals surface area contributed by atoms with Crippen molar-refractivity contribution in [3.8, 4) is 11.3 Å². The van der Waals surface area contributed by atoms with Crippen LogP contribution in [0.15, 0.2) is 53.4 Å². The third kappa shape index (κ3) is 3.84. The Morgan fingerprint density at radius 3 is 2.76 bits per heavy atom. The lowest BCUT2D eigenvalue weighted by molar-refractivity contribution is 0.0980. The van der Waals surface area contributed by atoms with Crippen LogP contribution in [0.25, 0.3) is 11.3 Å². The molecular weight excluding hydrogens is 328 g/mol. The Balaban J connectivity index is 1.35. The van der Waals surface area contributed by atoms with E-state index in [0.29, 0.717) is 6.04 Å². The molecule has 4 nitrogen and oxygen atoms in total. The third-order valence-corrected chi connectivity index (χ3v) is 5.83. The molecule has 1 aliphatic rings. The van der Waals surface area contributed by atoms with E-state index in [1.807, 2.05) is 6.07 Å². The molecule has 3 aromatic rings. The second-order valence-corrected chi connectivity index (χ2v) is 7.50. The minimum atomic E-state index is 0.525. The van der Waals surface area contributed by atoms with E-state index in [1.165, 1.54) is 16.7 Å². The summed E-state index contributed by atoms with van der Waals surface area (Å²) in [6.45, 7) is 7.87. The average Bonchev–Trinajstić information content (AvgIpc) is 3.36. The molecule has 2 aromatic heterocycles. The molecule has 4 rings (SSSR count). The minimum absolute atomic E-state index is 0.525. The summed E-state index contributed by atoms with van der Waals surface area (Å²) in [6.07, 6.45) is 1.80. The van der Waals surface area contributed by atoms with E-state index in [1.54, 1.807) is 17.5 Å². The number of benzene rings is 1. The highest BCUT2D eigenvalue weighted by atomic mass is 32.1. The molecule has 130 valence electrons. The van der Waals surface area contributed by atoms with Crippen LogP contribution >= 0.6 is 11.3 Å². The predicted octanol–water partition coefficient (Wildman–Crippen LogP) is 4.02. The molecule has 1 fully saturated rings. The summed E-state index contributed by atoms with van der Waals surface area (Å²) in [6, 6.07) is 13.6. The number of rotatable bonds is 5. The van der Waals surface area contributed by atoms with Gasteiger partial charge in [-0.3, -0.25) is 14.9 Å². The number of nitrogens with zero attached hydrogens (tertiary/aromatic N) is 3. The van der Waals surface area contributed by atoms with Gasteiger partial charge in [-0.2, -0.15) is 16.4 Å². The Kier molecular flexibility index (Phi) is 4.97. The van der Waals surface area contributed by atoms with Gasteiger partial charge >= 0.3 is 0 Å². The molecule has 1 N–H and O–H groups in total. The van der Waals surface area contributed by atoms with Crippen molar-refractivity contribution < 1.29 is 0 Å². The van der Waals surface area contributed by atoms with E-state index >= 15 is 0 Å². The number of aromatic amines is 1. The molecule has 0 spiro atoms. The Hall–Kier alpha value is -1.95. The maximum absolute atomic E-state index is 4.05. The first-order valence-electron chi connectivity index (χ1n) is 8.87. The quantitative estimate of drug-likeness (QED) is 0.753. The first kappa shape index (κ1) is 16.5. The number of nitrogens with one attached hydrogen (secondary N) is 1. The van der Waals surface area contributed by atoms with Gasteiger partial charge in [0, 0.05) is 45.0 Å². The SMILES string of the molecule is CC(c1ccsc1)N1CCN(Cc2cccc(-c3ccn[nH]3)c2)CC1. The molecule has 1 saturated heterocycles. The smallest absolute Gasteiger partial charge is 0.0650 e. The van der Waals surface area contributed by atoms with Gasteiger partial charge in [0.05, 0.1) is 5.69 Å². The van der Waals surface area contributed by atoms with Gasteiger partial charge in [-0.15, -0.1) is 0 Å². The van der Waals surface area contributed by atoms with Crippen molar-refractivity contribution in [1.29, 1.82) is 0 Å². The normalized spacial score (nSPS) is 17.6. The molecule has 1 atom stereocenters. The van der Waals surface area contributed by atoms with E-state index < -0.39 is 0 Å². The fourth-order valence-corrected chi connectivity index (χ4v) is 4.29. The monoisotopic (exact) mass is 352 g/mol. The van der Waals surface area contributed by atoms with E-state index in [-0.39, 0.29) is 0 Å². The molecule has 1 aromatic carbocycles. The maximum atomic E-state index is 4.05. The second kappa shape index (κ2) is 7.52. The Bertz CT molecular complexity index is 774. The molecule has 0 radical (unpaired) electrons. The first-order chi connectivity index (χ1) is 12.3. The van der Waals surface area contributed by atoms with E-state index in [2.05, 4.69) is 68.0 Å². The summed E-state index contributed by atoms with van der Waals surface area (Å²) in [5, 5.41) is 11.5. The van der Waals surface area contributed by atoms with Crippen molar-refractivity contribution in [3.05, 3.63) is 64.5 Å². The number of hydrogen-bond acceptors (Lipinski definition) is 4. The van der Waals surface area contributed by atoms with Crippen molar-refractivity contribution in [3.63, 3.8) is 0 Å². The van der Waals surface area contributed by atoms with Gasteiger partial charge in [-0.1, -0.05) is 18.2 Å². The molecule has 1 aliphatic heterocycles. The van der Waals surface area contributed by atoms with Crippen LogP contribution in [0, 0.1) is 0 Å². The number of hydrogen-bond donors (Lipinski definition) is 1. The molecule has 3 heterocycles. The summed E-state index contributed by atoms with van der Waals surface area (Å²) in [4.78, 5) is 5.16. The van der Waals surface area contributed by atoms with Crippen LogP contribution in [0.2, 0.25) is 0 Å². The molecule has 5 heteroatoms. The summed E-state index contributed by atoms with van der Waals surface area (Å²) >= 11 is 1.79. The van der Waals surface area contributed by atoms with Crippen LogP contribution in [0.4, 0.5) is 0 Å². The van der Waals surface area contributed by atoms with Crippen molar-refractivity contribution in [2.75, 3.05) is 26.2 Å². The van der Waals surface area contributed by atoms with Crippen molar-refractivity contribution in [2.24, 2.45) is 0 Å². The molecule has 1 unspecified atom stereocenters. The maximum Gasteiger partial charge on any atom is 0.0650 e. The van der Waals surface area contributed by atoms with Gasteiger partial charge in [0.25, 0.3) is 0 Å². The van der Waals surface area contributed by atoms with Crippen LogP contribution in [-0.4, -0.2) is 46.2 Å². The minimum Gasteiger partial charge on any atom is -0.297 e. The number of thiophene rings is 1. The van der Waals surface area contributed by atoms with Crippen molar-refractivity contribution in [1.82, 2.24) is 20.0 Å². The van der Waals surface area contributed by atoms with Crippen LogP contribution in [0.5, 0.6) is 0 Å². The van der Waals surface area contributed by atoms with Gasteiger partial charge in [0.15, 0.2) is 0 Å². The molecule has 0 aliphatic carbocycles. The second-order valence-electron chi connectivity index (χ2n) is 6.72. The van der Waals surface area contributed by atoms with Gasteiger partial charge in [-0.05, 0) is 52.6 Å². The highest BCUT2D eigenvalue weighted by Gasteiger charge is 2.22. The lowest BCUT2D eigenvalue weighted by atomic mass is 10.1. The fourth-order valence-electron chi connectivity index (χ4n) is 3.54. The average molecular weight is 353 g/mol. The predicted molar refractivity (Wildman–Crippen MR) is 104 cm³/mol. The highest BCUT2D eigenvalue weighted by Crippen LogP contribution is 2.24. The van der Waals surface area contributed by atoms with Crippen LogP contribution < -0.4 is 0 Å². The largest absolute Gasteiger partial charge is 0.297 e. The van der Waals surface area contributed by atoms with Gasteiger partial charge in [0.1, 0.15) is 0 Å². The Labute approximate surface area is 153 Å². The van der Waals surface area contributed by atoms with Crippen LogP contribution in [0.3, 0.4) is 0 Å². The standard InChI is InChI=1S/C20H24N4S/c1-16(19-6-12-25-15-19)24-10-8-23(9-11-24)14-17-3-2-4-18(13-17)20-5-7-21-22-20/h2-7,12-13,15-16H,8-11,14H2,1H3,(H,21,22). The lowest BCUT2D eigenvalue weighted by Crippen LogP contribution is -2.46. The summed E-state index contributed by atoms with van der Waals surface area (Å²) in [7, 11) is 0. The molecule has 0 saturated carbocycles. The summed E-state index contributed by atoms with van der Waals surface area (Å²) in [5.41, 5.74) is 5.10. The van der Waals surface area contributed by atoms with Crippen LogP contribution in [0.1, 0.15) is 24.1 Å². The summed E-state index contributed by atoms with van der Waals surface area (Å²) < 4.78 is 0. The first-order valence-corrected chi connectivity index (χ1v) is 9.81. The number of H-pyrrole nitrogens is 1. The molecule has 0 amide bonds. The Morgan fingerprint density at radius 1 is 1.16 bits per heavy atom. The zero-order valence-electron chi connectivity index (χ0n) is 14.6. The number of piperazine rings is 1. The molecule has 0 bridgehead atoms. The topological polar surface area (TPSA) is 35.2 Å². The third-order valence-electron chi connectivity index (χ3n) is 5.13. The zero-order chi connectivity index (χ0) is 17.1. The lowest BCUT2D eigenvalue weighted by Gasteiger charge is -2.38. The van der Waals surface area contributed by atoms with Crippen molar-refractivity contribution >= 4 is 11.3 Å². The van der Waals surface area contributed by atoms with Gasteiger partial charge in [-0.25, -0.2) is 0 Å². The van der Waals surface area contributed by atoms with E-state index in [9.17, 15) is 0 Å². The summed E-state index contributed by atoms with van der Waals surface area (Å²) in [5.74, 6) is 0. The van der Waals surface area contributed by atoms with Gasteiger partial charge in [0.2, 0.25) is 0 Å². The van der Waals surface area contributed by atoms with E-state index in [4.69, 9.17) is 0 Å². The number of aromatic nitrogens is 2. The van der Waals surface area contributed by atoms with Gasteiger partial charge < -0.3 is 0 Å². The fraction of sp³-hybridized carbons (Fsp3) is 0.350. The van der Waals surface area contributed by atoms with E-state index in [0.717, 1.165) is 38.4 Å². The molecule has 25 heavy (non-hydrogen) atoms. The van der Waals surface area contributed by atoms with Crippen molar-refractivity contribution in [2.45, 2.75) is 19.5 Å². The highest BCUT2D eigenvalue weighted by molar-refractivity contribution is 7.07. The molecular formula is C20H24N4S.